The van der Waals surface area contributed by atoms with Crippen LogP contribution in [-0.4, -0.2) is 19.6 Å². The Morgan fingerprint density at radius 2 is 1.95 bits per heavy atom. The predicted octanol–water partition coefficient (Wildman–Crippen LogP) is 3.83. The molecule has 10 heteroatoms. The lowest BCUT2D eigenvalue weighted by Crippen LogP contribution is -2.11. The van der Waals surface area contributed by atoms with Gasteiger partial charge in [-0.05, 0) is 30.5 Å². The molecule has 2 rings (SSSR count). The monoisotopic (exact) mass is 364 g/mol. The van der Waals surface area contributed by atoms with Gasteiger partial charge in [-0.3, -0.25) is 14.8 Å². The van der Waals surface area contributed by atoms with Crippen molar-refractivity contribution in [2.45, 2.75) is 9.10 Å². The maximum absolute atomic E-state index is 12.2. The number of nitro groups is 1. The zero-order valence-corrected chi connectivity index (χ0v) is 13.8. The Morgan fingerprint density at radius 1 is 1.33 bits per heavy atom. The molecule has 0 aliphatic carbocycles. The van der Waals surface area contributed by atoms with Crippen LogP contribution >= 0.6 is 34.7 Å². The minimum atomic E-state index is -3.90. The first kappa shape index (κ1) is 16.1. The van der Waals surface area contributed by atoms with Crippen molar-refractivity contribution in [2.24, 2.45) is 0 Å². The summed E-state index contributed by atoms with van der Waals surface area (Å²) in [5.41, 5.74) is -0.0419. The van der Waals surface area contributed by atoms with Crippen molar-refractivity contribution < 1.29 is 13.3 Å². The van der Waals surface area contributed by atoms with E-state index in [9.17, 15) is 18.5 Å². The van der Waals surface area contributed by atoms with Crippen molar-refractivity contribution in [3.63, 3.8) is 0 Å². The van der Waals surface area contributed by atoms with E-state index in [1.54, 1.807) is 24.3 Å². The zero-order valence-electron chi connectivity index (χ0n) is 10.6. The molecule has 1 N–H and O–H groups in total. The number of rotatable bonds is 5. The van der Waals surface area contributed by atoms with Gasteiger partial charge in [-0.25, -0.2) is 8.42 Å². The van der Waals surface area contributed by atoms with Gasteiger partial charge in [0, 0.05) is 16.6 Å². The average molecular weight is 365 g/mol. The van der Waals surface area contributed by atoms with Crippen molar-refractivity contribution in [2.75, 3.05) is 11.0 Å². The number of sulfonamides is 1. The zero-order chi connectivity index (χ0) is 15.6. The molecule has 0 fully saturated rings. The van der Waals surface area contributed by atoms with Crippen LogP contribution in [-0.2, 0) is 10.0 Å². The summed E-state index contributed by atoms with van der Waals surface area (Å²) in [6, 6.07) is 7.73. The van der Waals surface area contributed by atoms with Gasteiger partial charge in [0.15, 0.2) is 4.34 Å². The Morgan fingerprint density at radius 3 is 2.43 bits per heavy atom. The molecule has 0 aliphatic heterocycles. The molecule has 0 aliphatic rings. The molecule has 0 radical (unpaired) electrons. The number of thiophene rings is 1. The number of thioether (sulfide) groups is 1. The quantitative estimate of drug-likeness (QED) is 0.494. The van der Waals surface area contributed by atoms with E-state index < -0.39 is 20.6 Å². The smallest absolute Gasteiger partial charge is 0.279 e. The number of nitrogens with zero attached hydrogens (tertiary/aromatic N) is 1. The molecule has 2 aromatic rings. The standard InChI is InChI=1S/C11H9ClN2O4S3/c1-19-8-4-2-7(3-5-8)13-21(17,18)10-6-9(14(15)16)11(12)20-10/h2-6,13H,1H3. The summed E-state index contributed by atoms with van der Waals surface area (Å²) in [6.45, 7) is 0. The fourth-order valence-electron chi connectivity index (χ4n) is 1.46. The van der Waals surface area contributed by atoms with Crippen LogP contribution in [0.2, 0.25) is 4.34 Å². The van der Waals surface area contributed by atoms with E-state index in [2.05, 4.69) is 4.72 Å². The molecule has 21 heavy (non-hydrogen) atoms. The minimum Gasteiger partial charge on any atom is -0.279 e. The van der Waals surface area contributed by atoms with Crippen molar-refractivity contribution >= 4 is 56.1 Å². The van der Waals surface area contributed by atoms with Gasteiger partial charge >= 0.3 is 0 Å². The van der Waals surface area contributed by atoms with Gasteiger partial charge < -0.3 is 0 Å². The number of nitrogens with one attached hydrogen (secondary N) is 1. The fraction of sp³-hybridized carbons (Fsp3) is 0.0909. The van der Waals surface area contributed by atoms with Crippen LogP contribution in [0.4, 0.5) is 11.4 Å². The third-order valence-electron chi connectivity index (χ3n) is 2.45. The van der Waals surface area contributed by atoms with Crippen LogP contribution in [0.15, 0.2) is 39.4 Å². The maximum Gasteiger partial charge on any atom is 0.300 e. The molecule has 0 amide bonds. The lowest BCUT2D eigenvalue weighted by molar-refractivity contribution is -0.384. The molecule has 0 atom stereocenters. The van der Waals surface area contributed by atoms with Gasteiger partial charge in [0.05, 0.1) is 4.92 Å². The van der Waals surface area contributed by atoms with Crippen LogP contribution < -0.4 is 4.72 Å². The van der Waals surface area contributed by atoms with Crippen molar-refractivity contribution in [3.8, 4) is 0 Å². The summed E-state index contributed by atoms with van der Waals surface area (Å²) >= 11 is 7.85. The Hall–Kier alpha value is -1.29. The van der Waals surface area contributed by atoms with E-state index in [0.29, 0.717) is 17.0 Å². The lowest BCUT2D eigenvalue weighted by atomic mass is 10.3. The topological polar surface area (TPSA) is 89.3 Å². The average Bonchev–Trinajstić information content (AvgIpc) is 2.82. The maximum atomic E-state index is 12.2. The number of halogens is 1. The van der Waals surface area contributed by atoms with Crippen molar-refractivity contribution in [1.82, 2.24) is 0 Å². The summed E-state index contributed by atoms with van der Waals surface area (Å²) < 4.78 is 26.3. The van der Waals surface area contributed by atoms with E-state index in [4.69, 9.17) is 11.6 Å². The molecule has 0 bridgehead atoms. The van der Waals surface area contributed by atoms with E-state index in [1.165, 1.54) is 11.8 Å². The summed E-state index contributed by atoms with van der Waals surface area (Å²) in [6.07, 6.45) is 1.91. The first-order chi connectivity index (χ1) is 9.83. The molecule has 0 saturated heterocycles. The molecule has 1 heterocycles. The third-order valence-corrected chi connectivity index (χ3v) is 6.39. The Bertz CT molecular complexity index is 771. The first-order valence-corrected chi connectivity index (χ1v) is 9.34. The Balaban J connectivity index is 2.29. The van der Waals surface area contributed by atoms with Gasteiger partial charge in [-0.15, -0.1) is 23.1 Å². The second-order valence-electron chi connectivity index (χ2n) is 3.82. The highest BCUT2D eigenvalue weighted by molar-refractivity contribution is 7.98. The highest BCUT2D eigenvalue weighted by atomic mass is 35.5. The van der Waals surface area contributed by atoms with E-state index in [0.717, 1.165) is 11.0 Å². The predicted molar refractivity (Wildman–Crippen MR) is 85.0 cm³/mol. The largest absolute Gasteiger partial charge is 0.300 e. The number of benzene rings is 1. The summed E-state index contributed by atoms with van der Waals surface area (Å²) in [5, 5.41) is 10.7. The highest BCUT2D eigenvalue weighted by Crippen LogP contribution is 2.36. The van der Waals surface area contributed by atoms with Crippen LogP contribution in [0.25, 0.3) is 0 Å². The lowest BCUT2D eigenvalue weighted by Gasteiger charge is -2.06. The first-order valence-electron chi connectivity index (χ1n) is 5.44. The number of hydrogen-bond donors (Lipinski definition) is 1. The Labute approximate surface area is 134 Å². The summed E-state index contributed by atoms with van der Waals surface area (Å²) in [7, 11) is -3.90. The molecular formula is C11H9ClN2O4S3. The molecule has 6 nitrogen and oxygen atoms in total. The normalized spacial score (nSPS) is 11.3. The molecule has 1 aromatic heterocycles. The second-order valence-corrected chi connectivity index (χ2v) is 8.26. The van der Waals surface area contributed by atoms with Gasteiger partial charge in [-0.2, -0.15) is 0 Å². The van der Waals surface area contributed by atoms with Crippen molar-refractivity contribution in [3.05, 3.63) is 44.8 Å². The minimum absolute atomic E-state index is 0.168. The summed E-state index contributed by atoms with van der Waals surface area (Å²) in [5.74, 6) is 0. The van der Waals surface area contributed by atoms with Gasteiger partial charge in [0.1, 0.15) is 4.21 Å². The number of hydrogen-bond acceptors (Lipinski definition) is 6. The highest BCUT2D eigenvalue weighted by Gasteiger charge is 2.25. The van der Waals surface area contributed by atoms with Crippen molar-refractivity contribution in [1.29, 1.82) is 0 Å². The molecule has 112 valence electrons. The summed E-state index contributed by atoms with van der Waals surface area (Å²) in [4.78, 5) is 11.0. The van der Waals surface area contributed by atoms with Crippen LogP contribution in [0.5, 0.6) is 0 Å². The molecule has 0 saturated carbocycles. The van der Waals surface area contributed by atoms with E-state index >= 15 is 0 Å². The van der Waals surface area contributed by atoms with Gasteiger partial charge in [0.25, 0.3) is 15.7 Å². The van der Waals surface area contributed by atoms with Gasteiger partial charge in [0.2, 0.25) is 0 Å². The number of anilines is 1. The van der Waals surface area contributed by atoms with Crippen LogP contribution in [0.3, 0.4) is 0 Å². The van der Waals surface area contributed by atoms with E-state index in [-0.39, 0.29) is 8.55 Å². The van der Waals surface area contributed by atoms with E-state index in [1.807, 2.05) is 6.26 Å². The fourth-order valence-corrected chi connectivity index (χ4v) is 4.59. The second kappa shape index (κ2) is 6.22. The van der Waals surface area contributed by atoms with Crippen LogP contribution in [0, 0.1) is 10.1 Å². The molecular weight excluding hydrogens is 356 g/mol. The van der Waals surface area contributed by atoms with Gasteiger partial charge in [-0.1, -0.05) is 11.6 Å². The molecule has 0 spiro atoms. The third kappa shape index (κ3) is 3.67. The Kier molecular flexibility index (Phi) is 4.77. The molecule has 1 aromatic carbocycles. The molecule has 0 unspecified atom stereocenters. The van der Waals surface area contributed by atoms with Crippen LogP contribution in [0.1, 0.15) is 0 Å². The SMILES string of the molecule is CSc1ccc(NS(=O)(=O)c2cc([N+](=O)[O-])c(Cl)s2)cc1.